The van der Waals surface area contributed by atoms with E-state index in [4.69, 9.17) is 11.6 Å². The molecule has 4 aromatic rings. The molecule has 0 N–H and O–H groups in total. The fraction of sp³-hybridized carbons (Fsp3) is 0.0870. The number of aromatic nitrogens is 1. The van der Waals surface area contributed by atoms with E-state index < -0.39 is 0 Å². The van der Waals surface area contributed by atoms with Crippen LogP contribution in [0.4, 0.5) is 0 Å². The molecule has 4 rings (SSSR count). The Hall–Kier alpha value is -2.84. The number of hydrogen-bond acceptors (Lipinski definition) is 1. The lowest BCUT2D eigenvalue weighted by molar-refractivity contribution is 0.104. The maximum atomic E-state index is 12.3. The Morgan fingerprint density at radius 2 is 1.69 bits per heavy atom. The van der Waals surface area contributed by atoms with Crippen LogP contribution in [0.2, 0.25) is 5.02 Å². The van der Waals surface area contributed by atoms with Crippen LogP contribution >= 0.6 is 11.6 Å². The molecule has 0 aliphatic rings. The first-order valence-corrected chi connectivity index (χ1v) is 9.04. The number of fused-ring (bicyclic) bond motifs is 3. The zero-order valence-corrected chi connectivity index (χ0v) is 15.2. The van der Waals surface area contributed by atoms with Crippen molar-refractivity contribution in [2.75, 3.05) is 0 Å². The molecule has 0 amide bonds. The number of hydrogen-bond donors (Lipinski definition) is 0. The molecule has 128 valence electrons. The molecule has 2 nitrogen and oxygen atoms in total. The summed E-state index contributed by atoms with van der Waals surface area (Å²) in [6, 6.07) is 21.7. The van der Waals surface area contributed by atoms with E-state index >= 15 is 0 Å². The molecule has 3 heteroatoms. The lowest BCUT2D eigenvalue weighted by Crippen LogP contribution is -1.93. The maximum Gasteiger partial charge on any atom is 0.185 e. The van der Waals surface area contributed by atoms with Crippen LogP contribution in [0.5, 0.6) is 0 Å². The predicted molar refractivity (Wildman–Crippen MR) is 110 cm³/mol. The van der Waals surface area contributed by atoms with Gasteiger partial charge in [-0.15, -0.1) is 0 Å². The Morgan fingerprint density at radius 3 is 2.46 bits per heavy atom. The summed E-state index contributed by atoms with van der Waals surface area (Å²) < 4.78 is 2.32. The Labute approximate surface area is 157 Å². The maximum absolute atomic E-state index is 12.3. The van der Waals surface area contributed by atoms with E-state index in [1.165, 1.54) is 21.8 Å². The number of nitrogens with zero attached hydrogens (tertiary/aromatic N) is 1. The Kier molecular flexibility index (Phi) is 4.36. The van der Waals surface area contributed by atoms with Crippen molar-refractivity contribution in [1.29, 1.82) is 0 Å². The van der Waals surface area contributed by atoms with Gasteiger partial charge in [0.1, 0.15) is 0 Å². The van der Waals surface area contributed by atoms with Gasteiger partial charge in [0.2, 0.25) is 0 Å². The van der Waals surface area contributed by atoms with Gasteiger partial charge in [0, 0.05) is 38.9 Å². The smallest absolute Gasteiger partial charge is 0.185 e. The summed E-state index contributed by atoms with van der Waals surface area (Å²) in [5.41, 5.74) is 4.10. The molecule has 0 aliphatic heterocycles. The lowest BCUT2D eigenvalue weighted by atomic mass is 10.1. The minimum Gasteiger partial charge on any atom is -0.341 e. The van der Waals surface area contributed by atoms with Gasteiger partial charge in [0.05, 0.1) is 0 Å². The third-order valence-electron chi connectivity index (χ3n) is 4.67. The molecule has 1 heterocycles. The Balaban J connectivity index is 1.72. The van der Waals surface area contributed by atoms with Crippen molar-refractivity contribution in [3.05, 3.63) is 89.0 Å². The first-order chi connectivity index (χ1) is 12.7. The van der Waals surface area contributed by atoms with Crippen LogP contribution in [0.25, 0.3) is 27.9 Å². The van der Waals surface area contributed by atoms with E-state index in [0.29, 0.717) is 10.6 Å². The molecular formula is C23H18ClNO. The van der Waals surface area contributed by atoms with Gasteiger partial charge in [-0.3, -0.25) is 4.79 Å². The van der Waals surface area contributed by atoms with Crippen LogP contribution < -0.4 is 0 Å². The average Bonchev–Trinajstić information content (AvgIpc) is 2.99. The summed E-state index contributed by atoms with van der Waals surface area (Å²) in [5, 5.41) is 3.08. The van der Waals surface area contributed by atoms with Crippen LogP contribution in [0.3, 0.4) is 0 Å². The van der Waals surface area contributed by atoms with Crippen LogP contribution in [0.1, 0.15) is 22.8 Å². The number of aryl methyl sites for hydroxylation is 1. The molecule has 0 aliphatic carbocycles. The van der Waals surface area contributed by atoms with Crippen molar-refractivity contribution in [3.8, 4) is 0 Å². The summed E-state index contributed by atoms with van der Waals surface area (Å²) in [7, 11) is 0. The molecule has 0 saturated carbocycles. The Bertz CT molecular complexity index is 1140. The van der Waals surface area contributed by atoms with E-state index in [0.717, 1.165) is 12.1 Å². The fourth-order valence-corrected chi connectivity index (χ4v) is 3.52. The summed E-state index contributed by atoms with van der Waals surface area (Å²) in [5.74, 6) is -0.0299. The highest BCUT2D eigenvalue weighted by Crippen LogP contribution is 2.30. The first-order valence-electron chi connectivity index (χ1n) is 8.66. The molecule has 3 aromatic carbocycles. The molecule has 0 unspecified atom stereocenters. The number of rotatable bonds is 4. The molecule has 0 saturated heterocycles. The number of ketones is 1. The van der Waals surface area contributed by atoms with E-state index in [2.05, 4.69) is 54.0 Å². The predicted octanol–water partition coefficient (Wildman–Crippen LogP) is 6.36. The lowest BCUT2D eigenvalue weighted by Gasteiger charge is -2.02. The molecular weight excluding hydrogens is 342 g/mol. The van der Waals surface area contributed by atoms with Crippen molar-refractivity contribution in [2.24, 2.45) is 0 Å². The minimum absolute atomic E-state index is 0.0299. The van der Waals surface area contributed by atoms with Crippen LogP contribution in [0.15, 0.2) is 72.8 Å². The third kappa shape index (κ3) is 2.93. The highest BCUT2D eigenvalue weighted by molar-refractivity contribution is 6.30. The van der Waals surface area contributed by atoms with Crippen LogP contribution in [-0.4, -0.2) is 10.4 Å². The normalized spacial score (nSPS) is 11.6. The standard InChI is InChI=1S/C23H18ClNO/c1-2-25-21-6-4-3-5-19(21)20-15-16(7-13-22(20)25)8-14-23(26)17-9-11-18(24)12-10-17/h3-15H,2H2,1H3/b14-8+. The number of carbonyl (C=O) groups excluding carboxylic acids is 1. The molecule has 0 bridgehead atoms. The van der Waals surface area contributed by atoms with Crippen molar-refractivity contribution in [3.63, 3.8) is 0 Å². The topological polar surface area (TPSA) is 22.0 Å². The molecule has 0 spiro atoms. The van der Waals surface area contributed by atoms with Gasteiger partial charge in [-0.25, -0.2) is 0 Å². The van der Waals surface area contributed by atoms with E-state index in [1.54, 1.807) is 30.3 Å². The van der Waals surface area contributed by atoms with Gasteiger partial charge in [-0.05, 0) is 61.0 Å². The molecule has 0 atom stereocenters. The first kappa shape index (κ1) is 16.6. The van der Waals surface area contributed by atoms with Gasteiger partial charge in [0.15, 0.2) is 5.78 Å². The summed E-state index contributed by atoms with van der Waals surface area (Å²) in [4.78, 5) is 12.3. The number of halogens is 1. The Morgan fingerprint density at radius 1 is 0.962 bits per heavy atom. The van der Waals surface area contributed by atoms with Crippen molar-refractivity contribution in [2.45, 2.75) is 13.5 Å². The fourth-order valence-electron chi connectivity index (χ4n) is 3.40. The minimum atomic E-state index is -0.0299. The number of benzene rings is 3. The van der Waals surface area contributed by atoms with Crippen molar-refractivity contribution < 1.29 is 4.79 Å². The average molecular weight is 360 g/mol. The van der Waals surface area contributed by atoms with Gasteiger partial charge in [0.25, 0.3) is 0 Å². The quantitative estimate of drug-likeness (QED) is 0.307. The van der Waals surface area contributed by atoms with Gasteiger partial charge in [-0.1, -0.05) is 41.9 Å². The second-order valence-electron chi connectivity index (χ2n) is 6.24. The third-order valence-corrected chi connectivity index (χ3v) is 4.92. The van der Waals surface area contributed by atoms with Crippen molar-refractivity contribution >= 4 is 45.3 Å². The SMILES string of the molecule is CCn1c2ccccc2c2cc(/C=C/C(=O)c3ccc(Cl)cc3)ccc21. The number of para-hydroxylation sites is 1. The summed E-state index contributed by atoms with van der Waals surface area (Å²) >= 11 is 5.88. The monoisotopic (exact) mass is 359 g/mol. The highest BCUT2D eigenvalue weighted by Gasteiger charge is 2.09. The highest BCUT2D eigenvalue weighted by atomic mass is 35.5. The van der Waals surface area contributed by atoms with Crippen LogP contribution in [0, 0.1) is 0 Å². The molecule has 26 heavy (non-hydrogen) atoms. The largest absolute Gasteiger partial charge is 0.341 e. The van der Waals surface area contributed by atoms with Crippen LogP contribution in [-0.2, 0) is 6.54 Å². The zero-order valence-electron chi connectivity index (χ0n) is 14.4. The van der Waals surface area contributed by atoms with E-state index in [-0.39, 0.29) is 5.78 Å². The van der Waals surface area contributed by atoms with Gasteiger partial charge >= 0.3 is 0 Å². The summed E-state index contributed by atoms with van der Waals surface area (Å²) in [6.45, 7) is 3.08. The van der Waals surface area contributed by atoms with E-state index in [9.17, 15) is 4.79 Å². The molecule has 1 aromatic heterocycles. The second kappa shape index (κ2) is 6.81. The molecule has 0 radical (unpaired) electrons. The van der Waals surface area contributed by atoms with E-state index in [1.807, 2.05) is 6.08 Å². The summed E-state index contributed by atoms with van der Waals surface area (Å²) in [6.07, 6.45) is 3.48. The molecule has 0 fully saturated rings. The van der Waals surface area contributed by atoms with Crippen molar-refractivity contribution in [1.82, 2.24) is 4.57 Å². The second-order valence-corrected chi connectivity index (χ2v) is 6.68. The zero-order chi connectivity index (χ0) is 18.1. The number of carbonyl (C=O) groups is 1. The van der Waals surface area contributed by atoms with Gasteiger partial charge in [-0.2, -0.15) is 0 Å². The number of allylic oxidation sites excluding steroid dienone is 1. The van der Waals surface area contributed by atoms with Gasteiger partial charge < -0.3 is 4.57 Å².